The number of nitrogens with zero attached hydrogens (tertiary/aromatic N) is 1. The average Bonchev–Trinajstić information content (AvgIpc) is 2.81. The van der Waals surface area contributed by atoms with Gasteiger partial charge in [0.05, 0.1) is 12.2 Å². The van der Waals surface area contributed by atoms with Crippen LogP contribution in [-0.2, 0) is 9.59 Å². The molecule has 0 saturated heterocycles. The lowest BCUT2D eigenvalue weighted by Crippen LogP contribution is -2.41. The molecule has 0 atom stereocenters. The number of hydrogen-bond acceptors (Lipinski definition) is 4. The number of rotatable bonds is 7. The van der Waals surface area contributed by atoms with Crippen LogP contribution in [0, 0.1) is 13.8 Å². The molecule has 6 heteroatoms. The zero-order valence-electron chi connectivity index (χ0n) is 18.7. The molecule has 6 nitrogen and oxygen atoms in total. The Hall–Kier alpha value is -4.06. The highest BCUT2D eigenvalue weighted by Gasteiger charge is 2.25. The van der Waals surface area contributed by atoms with E-state index in [0.717, 1.165) is 16.9 Å². The third-order valence-corrected chi connectivity index (χ3v) is 5.28. The van der Waals surface area contributed by atoms with Crippen LogP contribution in [0.3, 0.4) is 0 Å². The lowest BCUT2D eigenvalue weighted by molar-refractivity contribution is -0.121. The Morgan fingerprint density at radius 1 is 1.03 bits per heavy atom. The Balaban J connectivity index is 1.38. The van der Waals surface area contributed by atoms with E-state index in [1.54, 1.807) is 29.2 Å². The molecule has 0 aliphatic carbocycles. The van der Waals surface area contributed by atoms with Crippen LogP contribution in [0.5, 0.6) is 11.5 Å². The van der Waals surface area contributed by atoms with E-state index >= 15 is 0 Å². The van der Waals surface area contributed by atoms with E-state index in [-0.39, 0.29) is 18.4 Å². The largest absolute Gasteiger partial charge is 0.492 e. The summed E-state index contributed by atoms with van der Waals surface area (Å²) in [4.78, 5) is 26.4. The highest BCUT2D eigenvalue weighted by molar-refractivity contribution is 6.03. The summed E-state index contributed by atoms with van der Waals surface area (Å²) in [5.41, 5.74) is 4.53. The molecule has 1 aliphatic heterocycles. The standard InChI is InChI=1S/C27H26N2O4/c1-19-3-7-21(8-4-19)9-14-26(30)28-22-10-13-24-25(17-22)33-18-27(31)29(24)15-16-32-23-11-5-20(2)6-12-23/h3-14,17H,15-16,18H2,1-2H3,(H,28,30)/b14-9+. The molecule has 1 aliphatic rings. The van der Waals surface area contributed by atoms with Crippen molar-refractivity contribution < 1.29 is 19.1 Å². The van der Waals surface area contributed by atoms with E-state index in [9.17, 15) is 9.59 Å². The zero-order chi connectivity index (χ0) is 23.2. The number of ether oxygens (including phenoxy) is 2. The number of nitrogens with one attached hydrogen (secondary N) is 1. The highest BCUT2D eigenvalue weighted by atomic mass is 16.5. The van der Waals surface area contributed by atoms with Crippen LogP contribution in [0.1, 0.15) is 16.7 Å². The summed E-state index contributed by atoms with van der Waals surface area (Å²) in [7, 11) is 0. The molecule has 3 aromatic rings. The molecule has 0 aromatic heterocycles. The van der Waals surface area contributed by atoms with Gasteiger partial charge in [-0.3, -0.25) is 9.59 Å². The van der Waals surface area contributed by atoms with Gasteiger partial charge in [0.1, 0.15) is 18.1 Å². The number of aryl methyl sites for hydroxylation is 2. The molecule has 0 bridgehead atoms. The van der Waals surface area contributed by atoms with Crippen LogP contribution in [0.15, 0.2) is 72.8 Å². The molecule has 168 valence electrons. The summed E-state index contributed by atoms with van der Waals surface area (Å²) < 4.78 is 11.4. The van der Waals surface area contributed by atoms with Crippen LogP contribution >= 0.6 is 0 Å². The molecule has 0 fully saturated rings. The van der Waals surface area contributed by atoms with Gasteiger partial charge in [-0.05, 0) is 49.8 Å². The second kappa shape index (κ2) is 10.0. The van der Waals surface area contributed by atoms with E-state index in [1.165, 1.54) is 11.6 Å². The monoisotopic (exact) mass is 442 g/mol. The first-order valence-corrected chi connectivity index (χ1v) is 10.8. The number of anilines is 2. The van der Waals surface area contributed by atoms with Crippen molar-refractivity contribution in [2.75, 3.05) is 30.0 Å². The van der Waals surface area contributed by atoms with Crippen LogP contribution in [0.25, 0.3) is 6.08 Å². The van der Waals surface area contributed by atoms with Crippen molar-refractivity contribution in [2.45, 2.75) is 13.8 Å². The Labute approximate surface area is 193 Å². The molecule has 1 heterocycles. The normalized spacial score (nSPS) is 12.9. The predicted octanol–water partition coefficient (Wildman–Crippen LogP) is 4.76. The average molecular weight is 443 g/mol. The van der Waals surface area contributed by atoms with Gasteiger partial charge in [0.15, 0.2) is 6.61 Å². The zero-order valence-corrected chi connectivity index (χ0v) is 18.7. The first kappa shape index (κ1) is 22.1. The summed E-state index contributed by atoms with van der Waals surface area (Å²) in [5.74, 6) is 0.933. The van der Waals surface area contributed by atoms with Crippen LogP contribution in [0.2, 0.25) is 0 Å². The molecule has 1 N–H and O–H groups in total. The highest BCUT2D eigenvalue weighted by Crippen LogP contribution is 2.34. The molecule has 4 rings (SSSR count). The molecule has 0 spiro atoms. The van der Waals surface area contributed by atoms with E-state index < -0.39 is 0 Å². The van der Waals surface area contributed by atoms with Gasteiger partial charge in [0.2, 0.25) is 5.91 Å². The fourth-order valence-electron chi connectivity index (χ4n) is 3.45. The Morgan fingerprint density at radius 3 is 2.45 bits per heavy atom. The van der Waals surface area contributed by atoms with Crippen molar-refractivity contribution >= 4 is 29.3 Å². The van der Waals surface area contributed by atoms with Gasteiger partial charge in [-0.15, -0.1) is 0 Å². The minimum absolute atomic E-state index is 0.0533. The quantitative estimate of drug-likeness (QED) is 0.536. The third kappa shape index (κ3) is 5.80. The lowest BCUT2D eigenvalue weighted by atomic mass is 10.1. The van der Waals surface area contributed by atoms with Crippen LogP contribution < -0.4 is 19.7 Å². The number of benzene rings is 3. The molecular weight excluding hydrogens is 416 g/mol. The maximum Gasteiger partial charge on any atom is 0.265 e. The second-order valence-corrected chi connectivity index (χ2v) is 7.91. The van der Waals surface area contributed by atoms with E-state index in [0.29, 0.717) is 30.3 Å². The molecule has 0 saturated carbocycles. The van der Waals surface area contributed by atoms with Gasteiger partial charge in [-0.1, -0.05) is 47.5 Å². The smallest absolute Gasteiger partial charge is 0.265 e. The Morgan fingerprint density at radius 2 is 1.73 bits per heavy atom. The predicted molar refractivity (Wildman–Crippen MR) is 130 cm³/mol. The van der Waals surface area contributed by atoms with Crippen molar-refractivity contribution in [3.05, 3.63) is 89.5 Å². The van der Waals surface area contributed by atoms with Crippen molar-refractivity contribution in [1.82, 2.24) is 0 Å². The first-order chi connectivity index (χ1) is 16.0. The van der Waals surface area contributed by atoms with Crippen molar-refractivity contribution in [1.29, 1.82) is 0 Å². The van der Waals surface area contributed by atoms with Crippen molar-refractivity contribution in [3.63, 3.8) is 0 Å². The van der Waals surface area contributed by atoms with Gasteiger partial charge in [0.25, 0.3) is 5.91 Å². The summed E-state index contributed by atoms with van der Waals surface area (Å²) in [6.07, 6.45) is 3.25. The number of hydrogen-bond donors (Lipinski definition) is 1. The minimum Gasteiger partial charge on any atom is -0.492 e. The lowest BCUT2D eigenvalue weighted by Gasteiger charge is -2.29. The van der Waals surface area contributed by atoms with Crippen LogP contribution in [0.4, 0.5) is 11.4 Å². The maximum absolute atomic E-state index is 12.4. The topological polar surface area (TPSA) is 67.9 Å². The van der Waals surface area contributed by atoms with Crippen molar-refractivity contribution in [2.24, 2.45) is 0 Å². The molecule has 2 amide bonds. The summed E-state index contributed by atoms with van der Waals surface area (Å²) in [5, 5.41) is 2.84. The van der Waals surface area contributed by atoms with E-state index in [4.69, 9.17) is 9.47 Å². The van der Waals surface area contributed by atoms with Gasteiger partial charge in [-0.25, -0.2) is 0 Å². The Kier molecular flexibility index (Phi) is 6.74. The molecule has 0 radical (unpaired) electrons. The number of fused-ring (bicyclic) bond motifs is 1. The van der Waals surface area contributed by atoms with E-state index in [1.807, 2.05) is 62.4 Å². The fraction of sp³-hybridized carbons (Fsp3) is 0.185. The van der Waals surface area contributed by atoms with E-state index in [2.05, 4.69) is 5.32 Å². The van der Waals surface area contributed by atoms with Gasteiger partial charge < -0.3 is 19.7 Å². The van der Waals surface area contributed by atoms with Gasteiger partial charge in [-0.2, -0.15) is 0 Å². The Bertz CT molecular complexity index is 1170. The molecule has 33 heavy (non-hydrogen) atoms. The number of carbonyl (C=O) groups excluding carboxylic acids is 2. The summed E-state index contributed by atoms with van der Waals surface area (Å²) in [6, 6.07) is 21.0. The maximum atomic E-state index is 12.4. The number of carbonyl (C=O) groups is 2. The van der Waals surface area contributed by atoms with Crippen LogP contribution in [-0.4, -0.2) is 31.6 Å². The van der Waals surface area contributed by atoms with Gasteiger partial charge >= 0.3 is 0 Å². The molecule has 0 unspecified atom stereocenters. The first-order valence-electron chi connectivity index (χ1n) is 10.8. The minimum atomic E-state index is -0.245. The van der Waals surface area contributed by atoms with Crippen molar-refractivity contribution in [3.8, 4) is 11.5 Å². The summed E-state index contributed by atoms with van der Waals surface area (Å²) >= 11 is 0. The number of amides is 2. The van der Waals surface area contributed by atoms with Gasteiger partial charge in [0, 0.05) is 17.8 Å². The third-order valence-electron chi connectivity index (χ3n) is 5.28. The molecular formula is C27H26N2O4. The SMILES string of the molecule is Cc1ccc(/C=C/C(=O)Nc2ccc3c(c2)OCC(=O)N3CCOc2ccc(C)cc2)cc1. The second-order valence-electron chi connectivity index (χ2n) is 7.91. The summed E-state index contributed by atoms with van der Waals surface area (Å²) in [6.45, 7) is 4.74. The fourth-order valence-corrected chi connectivity index (χ4v) is 3.45. The molecule has 3 aromatic carbocycles.